The molecule has 0 N–H and O–H groups in total. The first-order valence-electron chi connectivity index (χ1n) is 5.95. The molecule has 18 heavy (non-hydrogen) atoms. The molecule has 0 saturated carbocycles. The van der Waals surface area contributed by atoms with E-state index in [9.17, 15) is 4.79 Å². The van der Waals surface area contributed by atoms with Gasteiger partial charge in [0.15, 0.2) is 0 Å². The Morgan fingerprint density at radius 2 is 2.33 bits per heavy atom. The number of aldehydes is 1. The van der Waals surface area contributed by atoms with E-state index in [2.05, 4.69) is 9.55 Å². The SMILES string of the molecule is Cc1nccn1CCCOc1cccc(C=O)c1. The van der Waals surface area contributed by atoms with Crippen molar-refractivity contribution in [1.29, 1.82) is 0 Å². The standard InChI is InChI=1S/C14H16N2O2/c1-12-15-6-8-16(12)7-3-9-18-14-5-2-4-13(10-14)11-17/h2,4-6,8,10-11H,3,7,9H2,1H3. The Balaban J connectivity index is 1.78. The van der Waals surface area contributed by atoms with E-state index in [1.54, 1.807) is 18.3 Å². The summed E-state index contributed by atoms with van der Waals surface area (Å²) in [6, 6.07) is 7.18. The maximum atomic E-state index is 10.6. The minimum Gasteiger partial charge on any atom is -0.494 e. The van der Waals surface area contributed by atoms with E-state index in [4.69, 9.17) is 4.74 Å². The van der Waals surface area contributed by atoms with E-state index >= 15 is 0 Å². The average molecular weight is 244 g/mol. The van der Waals surface area contributed by atoms with Crippen LogP contribution in [0.4, 0.5) is 0 Å². The van der Waals surface area contributed by atoms with Crippen LogP contribution in [0.25, 0.3) is 0 Å². The van der Waals surface area contributed by atoms with Crippen LogP contribution in [-0.2, 0) is 6.54 Å². The molecule has 0 amide bonds. The molecule has 0 atom stereocenters. The molecule has 0 fully saturated rings. The molecule has 0 spiro atoms. The number of benzene rings is 1. The zero-order valence-electron chi connectivity index (χ0n) is 10.4. The van der Waals surface area contributed by atoms with Gasteiger partial charge in [-0.2, -0.15) is 0 Å². The highest BCUT2D eigenvalue weighted by Gasteiger charge is 1.98. The Hall–Kier alpha value is -2.10. The number of hydrogen-bond donors (Lipinski definition) is 0. The number of nitrogens with zero attached hydrogens (tertiary/aromatic N) is 2. The Morgan fingerprint density at radius 1 is 1.44 bits per heavy atom. The van der Waals surface area contributed by atoms with Gasteiger partial charge in [-0.05, 0) is 25.5 Å². The summed E-state index contributed by atoms with van der Waals surface area (Å²) in [5.74, 6) is 1.75. The molecule has 4 nitrogen and oxygen atoms in total. The highest BCUT2D eigenvalue weighted by Crippen LogP contribution is 2.12. The maximum absolute atomic E-state index is 10.6. The van der Waals surface area contributed by atoms with Gasteiger partial charge in [0.05, 0.1) is 6.61 Å². The summed E-state index contributed by atoms with van der Waals surface area (Å²) in [7, 11) is 0. The Morgan fingerprint density at radius 3 is 3.06 bits per heavy atom. The maximum Gasteiger partial charge on any atom is 0.150 e. The van der Waals surface area contributed by atoms with Gasteiger partial charge >= 0.3 is 0 Å². The molecule has 0 unspecified atom stereocenters. The first-order chi connectivity index (χ1) is 8.79. The van der Waals surface area contributed by atoms with Crippen molar-refractivity contribution >= 4 is 6.29 Å². The number of ether oxygens (including phenoxy) is 1. The third kappa shape index (κ3) is 3.20. The zero-order valence-corrected chi connectivity index (χ0v) is 10.4. The topological polar surface area (TPSA) is 44.1 Å². The summed E-state index contributed by atoms with van der Waals surface area (Å²) in [6.45, 7) is 3.49. The number of aryl methyl sites for hydroxylation is 2. The average Bonchev–Trinajstić information content (AvgIpc) is 2.81. The van der Waals surface area contributed by atoms with Gasteiger partial charge < -0.3 is 9.30 Å². The fourth-order valence-corrected chi connectivity index (χ4v) is 1.74. The van der Waals surface area contributed by atoms with Crippen molar-refractivity contribution in [3.63, 3.8) is 0 Å². The van der Waals surface area contributed by atoms with Gasteiger partial charge in [-0.3, -0.25) is 4.79 Å². The van der Waals surface area contributed by atoms with E-state index in [-0.39, 0.29) is 0 Å². The van der Waals surface area contributed by atoms with Gasteiger partial charge in [-0.1, -0.05) is 12.1 Å². The summed E-state index contributed by atoms with van der Waals surface area (Å²) in [6.07, 6.45) is 5.48. The number of rotatable bonds is 6. The lowest BCUT2D eigenvalue weighted by atomic mass is 10.2. The molecule has 2 rings (SSSR count). The number of aromatic nitrogens is 2. The molecule has 0 radical (unpaired) electrons. The minimum absolute atomic E-state index is 0.625. The quantitative estimate of drug-likeness (QED) is 0.579. The third-order valence-electron chi connectivity index (χ3n) is 2.73. The van der Waals surface area contributed by atoms with Crippen LogP contribution in [0.2, 0.25) is 0 Å². The molecule has 0 bridgehead atoms. The van der Waals surface area contributed by atoms with Crippen molar-refractivity contribution in [2.75, 3.05) is 6.61 Å². The van der Waals surface area contributed by atoms with Crippen molar-refractivity contribution in [1.82, 2.24) is 9.55 Å². The third-order valence-corrected chi connectivity index (χ3v) is 2.73. The zero-order chi connectivity index (χ0) is 12.8. The van der Waals surface area contributed by atoms with E-state index in [1.165, 1.54) is 0 Å². The molecule has 1 aromatic carbocycles. The van der Waals surface area contributed by atoms with Crippen molar-refractivity contribution in [2.24, 2.45) is 0 Å². The molecule has 0 aliphatic heterocycles. The lowest BCUT2D eigenvalue weighted by molar-refractivity contribution is 0.112. The number of carbonyl (C=O) groups is 1. The molecular formula is C14H16N2O2. The van der Waals surface area contributed by atoms with Gasteiger partial charge in [-0.25, -0.2) is 4.98 Å². The predicted molar refractivity (Wildman–Crippen MR) is 68.9 cm³/mol. The first-order valence-corrected chi connectivity index (χ1v) is 5.95. The van der Waals surface area contributed by atoms with Gasteiger partial charge in [-0.15, -0.1) is 0 Å². The fourth-order valence-electron chi connectivity index (χ4n) is 1.74. The molecule has 4 heteroatoms. The van der Waals surface area contributed by atoms with Gasteiger partial charge in [0.25, 0.3) is 0 Å². The molecule has 0 aliphatic carbocycles. The summed E-state index contributed by atoms with van der Waals surface area (Å²) in [4.78, 5) is 14.8. The van der Waals surface area contributed by atoms with Crippen LogP contribution in [0.1, 0.15) is 22.6 Å². The molecular weight excluding hydrogens is 228 g/mol. The lowest BCUT2D eigenvalue weighted by Gasteiger charge is -2.07. The number of hydrogen-bond acceptors (Lipinski definition) is 3. The highest BCUT2D eigenvalue weighted by atomic mass is 16.5. The Kier molecular flexibility index (Phi) is 4.12. The number of imidazole rings is 1. The van der Waals surface area contributed by atoms with Gasteiger partial charge in [0.2, 0.25) is 0 Å². The summed E-state index contributed by atoms with van der Waals surface area (Å²) >= 11 is 0. The Labute approximate surface area is 106 Å². The van der Waals surface area contributed by atoms with E-state index in [0.29, 0.717) is 12.2 Å². The first kappa shape index (κ1) is 12.4. The summed E-state index contributed by atoms with van der Waals surface area (Å²) in [5, 5.41) is 0. The van der Waals surface area contributed by atoms with E-state index in [0.717, 1.165) is 30.8 Å². The molecule has 1 aromatic heterocycles. The predicted octanol–water partition coefficient (Wildman–Crippen LogP) is 2.47. The summed E-state index contributed by atoms with van der Waals surface area (Å²) < 4.78 is 7.68. The summed E-state index contributed by atoms with van der Waals surface area (Å²) in [5.41, 5.74) is 0.637. The Bertz CT molecular complexity index is 520. The second kappa shape index (κ2) is 6.00. The number of carbonyl (C=O) groups excluding carboxylic acids is 1. The van der Waals surface area contributed by atoms with Crippen LogP contribution >= 0.6 is 0 Å². The van der Waals surface area contributed by atoms with Crippen LogP contribution in [0.5, 0.6) is 5.75 Å². The van der Waals surface area contributed by atoms with Crippen molar-refractivity contribution < 1.29 is 9.53 Å². The molecule has 1 heterocycles. The van der Waals surface area contributed by atoms with E-state index < -0.39 is 0 Å². The van der Waals surface area contributed by atoms with Crippen LogP contribution < -0.4 is 4.74 Å². The monoisotopic (exact) mass is 244 g/mol. The molecule has 94 valence electrons. The second-order valence-corrected chi connectivity index (χ2v) is 4.06. The van der Waals surface area contributed by atoms with Crippen LogP contribution in [0, 0.1) is 6.92 Å². The second-order valence-electron chi connectivity index (χ2n) is 4.06. The lowest BCUT2D eigenvalue weighted by Crippen LogP contribution is -2.05. The molecule has 0 saturated heterocycles. The smallest absolute Gasteiger partial charge is 0.150 e. The minimum atomic E-state index is 0.625. The normalized spacial score (nSPS) is 10.3. The van der Waals surface area contributed by atoms with Gasteiger partial charge in [0, 0.05) is 24.5 Å². The van der Waals surface area contributed by atoms with E-state index in [1.807, 2.05) is 25.3 Å². The van der Waals surface area contributed by atoms with Crippen LogP contribution in [0.15, 0.2) is 36.7 Å². The van der Waals surface area contributed by atoms with Crippen LogP contribution in [0.3, 0.4) is 0 Å². The van der Waals surface area contributed by atoms with Crippen LogP contribution in [-0.4, -0.2) is 22.4 Å². The van der Waals surface area contributed by atoms with Crippen molar-refractivity contribution in [2.45, 2.75) is 19.9 Å². The molecule has 0 aliphatic rings. The molecule has 2 aromatic rings. The van der Waals surface area contributed by atoms with Gasteiger partial charge in [0.1, 0.15) is 17.9 Å². The highest BCUT2D eigenvalue weighted by molar-refractivity contribution is 5.75. The largest absolute Gasteiger partial charge is 0.494 e. The van der Waals surface area contributed by atoms with Crippen molar-refractivity contribution in [3.05, 3.63) is 48.0 Å². The fraction of sp³-hybridized carbons (Fsp3) is 0.286. The van der Waals surface area contributed by atoms with Crippen molar-refractivity contribution in [3.8, 4) is 5.75 Å².